The minimum atomic E-state index is -4.18. The van der Waals surface area contributed by atoms with Gasteiger partial charge in [-0.15, -0.1) is 11.3 Å². The van der Waals surface area contributed by atoms with E-state index in [9.17, 15) is 12.8 Å². The summed E-state index contributed by atoms with van der Waals surface area (Å²) in [5, 5.41) is 4.86. The number of rotatable bonds is 7. The van der Waals surface area contributed by atoms with Crippen LogP contribution in [0.3, 0.4) is 0 Å². The number of halogens is 2. The molecule has 0 radical (unpaired) electrons. The maximum atomic E-state index is 14.7. The Morgan fingerprint density at radius 1 is 1.32 bits per heavy atom. The summed E-state index contributed by atoms with van der Waals surface area (Å²) in [6.07, 6.45) is 6.44. The number of anilines is 1. The summed E-state index contributed by atoms with van der Waals surface area (Å²) < 4.78 is 47.6. The summed E-state index contributed by atoms with van der Waals surface area (Å²) in [7, 11) is -4.18. The molecule has 3 aromatic rings. The molecule has 1 aromatic carbocycles. The lowest BCUT2D eigenvalue weighted by molar-refractivity contribution is 0.287. The molecule has 2 N–H and O–H groups in total. The Hall–Kier alpha value is -2.53. The fourth-order valence-electron chi connectivity index (χ4n) is 3.21. The second kappa shape index (κ2) is 9.31. The van der Waals surface area contributed by atoms with Gasteiger partial charge in [0.15, 0.2) is 5.82 Å². The van der Waals surface area contributed by atoms with Gasteiger partial charge in [-0.3, -0.25) is 9.71 Å². The van der Waals surface area contributed by atoms with Crippen LogP contribution in [0.2, 0.25) is 5.02 Å². The Morgan fingerprint density at radius 2 is 2.13 bits per heavy atom. The minimum Gasteiger partial charge on any atom is -0.490 e. The van der Waals surface area contributed by atoms with Crippen molar-refractivity contribution in [2.45, 2.75) is 17.4 Å². The third kappa shape index (κ3) is 5.04. The highest BCUT2D eigenvalue weighted by atomic mass is 35.5. The van der Waals surface area contributed by atoms with E-state index in [-0.39, 0.29) is 29.2 Å². The SMILES string of the molecule is O=S(=O)(Nc1cscn1)c1cc(Cl)c(OCC2NCCC=C2c2ccncc2)cc1F. The van der Waals surface area contributed by atoms with Gasteiger partial charge in [0.2, 0.25) is 0 Å². The monoisotopic (exact) mass is 480 g/mol. The van der Waals surface area contributed by atoms with E-state index < -0.39 is 20.7 Å². The van der Waals surface area contributed by atoms with Crippen LogP contribution in [-0.2, 0) is 10.0 Å². The lowest BCUT2D eigenvalue weighted by Gasteiger charge is -2.26. The van der Waals surface area contributed by atoms with Crippen molar-refractivity contribution in [1.82, 2.24) is 15.3 Å². The van der Waals surface area contributed by atoms with Crippen LogP contribution in [0.4, 0.5) is 10.2 Å². The molecule has 7 nitrogen and oxygen atoms in total. The zero-order valence-corrected chi connectivity index (χ0v) is 18.5. The molecular weight excluding hydrogens is 463 g/mol. The molecule has 1 aliphatic rings. The Balaban J connectivity index is 1.51. The van der Waals surface area contributed by atoms with E-state index in [2.05, 4.69) is 26.1 Å². The van der Waals surface area contributed by atoms with Gasteiger partial charge in [0.25, 0.3) is 10.0 Å². The van der Waals surface area contributed by atoms with Gasteiger partial charge in [-0.1, -0.05) is 17.7 Å². The highest BCUT2D eigenvalue weighted by Crippen LogP contribution is 2.32. The van der Waals surface area contributed by atoms with Crippen LogP contribution in [0, 0.1) is 5.82 Å². The highest BCUT2D eigenvalue weighted by Gasteiger charge is 2.24. The number of benzene rings is 1. The van der Waals surface area contributed by atoms with Crippen molar-refractivity contribution in [2.24, 2.45) is 0 Å². The predicted octanol–water partition coefficient (Wildman–Crippen LogP) is 3.96. The molecular formula is C20H18ClFN4O3S2. The molecule has 0 aliphatic carbocycles. The fraction of sp³-hybridized carbons (Fsp3) is 0.200. The van der Waals surface area contributed by atoms with Crippen molar-refractivity contribution in [3.63, 3.8) is 0 Å². The molecule has 0 saturated heterocycles. The number of thiazole rings is 1. The van der Waals surface area contributed by atoms with E-state index in [4.69, 9.17) is 16.3 Å². The number of hydrogen-bond donors (Lipinski definition) is 2. The molecule has 11 heteroatoms. The molecule has 3 heterocycles. The van der Waals surface area contributed by atoms with Crippen LogP contribution in [-0.4, -0.2) is 37.6 Å². The van der Waals surface area contributed by atoms with Gasteiger partial charge in [0.1, 0.15) is 23.1 Å². The quantitative estimate of drug-likeness (QED) is 0.531. The summed E-state index contributed by atoms with van der Waals surface area (Å²) in [5.41, 5.74) is 3.53. The number of sulfonamides is 1. The Bertz CT molecular complexity index is 1190. The van der Waals surface area contributed by atoms with Crippen LogP contribution in [0.25, 0.3) is 5.57 Å². The third-order valence-electron chi connectivity index (χ3n) is 4.64. The number of pyridine rings is 1. The second-order valence-electron chi connectivity index (χ2n) is 6.69. The van der Waals surface area contributed by atoms with Gasteiger partial charge in [-0.05, 0) is 42.3 Å². The summed E-state index contributed by atoms with van der Waals surface area (Å²) in [5.74, 6) is -0.795. The van der Waals surface area contributed by atoms with E-state index >= 15 is 0 Å². The topological polar surface area (TPSA) is 93.2 Å². The van der Waals surface area contributed by atoms with Gasteiger partial charge in [-0.2, -0.15) is 0 Å². The maximum Gasteiger partial charge on any atom is 0.266 e. The van der Waals surface area contributed by atoms with Gasteiger partial charge >= 0.3 is 0 Å². The number of nitrogens with one attached hydrogen (secondary N) is 2. The van der Waals surface area contributed by atoms with Crippen molar-refractivity contribution in [1.29, 1.82) is 0 Å². The molecule has 2 aromatic heterocycles. The Labute approximate surface area is 188 Å². The predicted molar refractivity (Wildman–Crippen MR) is 118 cm³/mol. The van der Waals surface area contributed by atoms with Crippen molar-refractivity contribution in [2.75, 3.05) is 17.9 Å². The standard InChI is InChI=1S/C20H18ClFN4O3S2/c21-15-8-19(31(27,28)26-20-11-30-12-25-20)16(22)9-18(15)29-10-17-14(2-1-5-24-17)13-3-6-23-7-4-13/h2-4,6-9,11-12,17,24,26H,1,5,10H2. The first kappa shape index (κ1) is 21.7. The lowest BCUT2D eigenvalue weighted by atomic mass is 9.96. The summed E-state index contributed by atoms with van der Waals surface area (Å²) in [6.45, 7) is 0.973. The zero-order valence-electron chi connectivity index (χ0n) is 16.1. The van der Waals surface area contributed by atoms with Crippen LogP contribution < -0.4 is 14.8 Å². The van der Waals surface area contributed by atoms with Crippen molar-refractivity contribution in [3.8, 4) is 5.75 Å². The van der Waals surface area contributed by atoms with Crippen LogP contribution in [0.15, 0.2) is 58.5 Å². The first-order chi connectivity index (χ1) is 14.9. The van der Waals surface area contributed by atoms with E-state index in [1.807, 2.05) is 12.1 Å². The molecule has 1 aliphatic heterocycles. The molecule has 0 bridgehead atoms. The number of aromatic nitrogens is 2. The normalized spacial score (nSPS) is 16.6. The Kier molecular flexibility index (Phi) is 6.51. The first-order valence-electron chi connectivity index (χ1n) is 9.31. The number of hydrogen-bond acceptors (Lipinski definition) is 7. The molecule has 162 valence electrons. The largest absolute Gasteiger partial charge is 0.490 e. The van der Waals surface area contributed by atoms with E-state index in [1.54, 1.807) is 12.4 Å². The van der Waals surface area contributed by atoms with Crippen LogP contribution >= 0.6 is 22.9 Å². The van der Waals surface area contributed by atoms with Crippen LogP contribution in [0.5, 0.6) is 5.75 Å². The van der Waals surface area contributed by atoms with Crippen LogP contribution in [0.1, 0.15) is 12.0 Å². The fourth-order valence-corrected chi connectivity index (χ4v) is 5.13. The smallest absolute Gasteiger partial charge is 0.266 e. The minimum absolute atomic E-state index is 0.00898. The van der Waals surface area contributed by atoms with E-state index in [0.29, 0.717) is 0 Å². The molecule has 0 amide bonds. The third-order valence-corrected chi connectivity index (χ3v) is 6.89. The van der Waals surface area contributed by atoms with Gasteiger partial charge in [0.05, 0.1) is 16.6 Å². The molecule has 0 spiro atoms. The molecule has 1 atom stereocenters. The molecule has 0 fully saturated rings. The molecule has 0 saturated carbocycles. The van der Waals surface area contributed by atoms with Gasteiger partial charge in [-0.25, -0.2) is 17.8 Å². The highest BCUT2D eigenvalue weighted by molar-refractivity contribution is 7.92. The van der Waals surface area contributed by atoms with E-state index in [0.717, 1.165) is 36.2 Å². The second-order valence-corrected chi connectivity index (χ2v) is 9.47. The van der Waals surface area contributed by atoms with Crippen molar-refractivity contribution >= 4 is 44.4 Å². The first-order valence-corrected chi connectivity index (χ1v) is 12.1. The van der Waals surface area contributed by atoms with Crippen molar-refractivity contribution in [3.05, 3.63) is 70.0 Å². The summed E-state index contributed by atoms with van der Waals surface area (Å²) in [4.78, 5) is 7.30. The zero-order chi connectivity index (χ0) is 21.8. The van der Waals surface area contributed by atoms with Gasteiger partial charge in [0, 0.05) is 23.8 Å². The average molecular weight is 481 g/mol. The van der Waals surface area contributed by atoms with E-state index in [1.165, 1.54) is 22.2 Å². The maximum absolute atomic E-state index is 14.7. The number of ether oxygens (including phenoxy) is 1. The molecule has 1 unspecified atom stereocenters. The summed E-state index contributed by atoms with van der Waals surface area (Å²) >= 11 is 7.43. The van der Waals surface area contributed by atoms with Gasteiger partial charge < -0.3 is 10.1 Å². The van der Waals surface area contributed by atoms with Crippen molar-refractivity contribution < 1.29 is 17.5 Å². The number of nitrogens with zero attached hydrogens (tertiary/aromatic N) is 2. The lowest BCUT2D eigenvalue weighted by Crippen LogP contribution is -2.38. The Morgan fingerprint density at radius 3 is 2.87 bits per heavy atom. The molecule has 31 heavy (non-hydrogen) atoms. The molecule has 4 rings (SSSR count). The average Bonchev–Trinajstić information content (AvgIpc) is 3.27. The summed E-state index contributed by atoms with van der Waals surface area (Å²) in [6, 6.07) is 5.71.